The summed E-state index contributed by atoms with van der Waals surface area (Å²) in [6, 6.07) is 2.01. The van der Waals surface area contributed by atoms with Crippen LogP contribution in [0.3, 0.4) is 0 Å². The third kappa shape index (κ3) is 6.67. The smallest absolute Gasteiger partial charge is 0.199 e. The van der Waals surface area contributed by atoms with E-state index in [9.17, 15) is 15.3 Å². The molecule has 5 atom stereocenters. The zero-order chi connectivity index (χ0) is 20.4. The van der Waals surface area contributed by atoms with Crippen molar-refractivity contribution in [3.63, 3.8) is 0 Å². The van der Waals surface area contributed by atoms with Crippen LogP contribution in [-0.2, 0) is 25.7 Å². The van der Waals surface area contributed by atoms with Crippen molar-refractivity contribution in [3.8, 4) is 0 Å². The van der Waals surface area contributed by atoms with Crippen LogP contribution in [0.15, 0.2) is 24.7 Å². The zero-order valence-corrected chi connectivity index (χ0v) is 15.7. The van der Waals surface area contributed by atoms with Crippen LogP contribution in [0.25, 0.3) is 0 Å². The molecule has 10 heteroatoms. The molecule has 1 saturated heterocycles. The summed E-state index contributed by atoms with van der Waals surface area (Å²) in [6.45, 7) is 2.67. The second kappa shape index (κ2) is 11.9. The Balaban J connectivity index is 1.65. The van der Waals surface area contributed by atoms with Gasteiger partial charge in [0.25, 0.3) is 0 Å². The molecule has 28 heavy (non-hydrogen) atoms. The quantitative estimate of drug-likeness (QED) is 0.177. The molecule has 0 aromatic carbocycles. The van der Waals surface area contributed by atoms with Crippen molar-refractivity contribution >= 4 is 0 Å². The second-order valence-electron chi connectivity index (χ2n) is 6.36. The minimum atomic E-state index is -1.38. The number of H-pyrrole nitrogens is 1. The summed E-state index contributed by atoms with van der Waals surface area (Å²) in [4.78, 5) is 8.39. The molecule has 2 heterocycles. The Hall–Kier alpha value is -1.79. The van der Waals surface area contributed by atoms with Gasteiger partial charge < -0.3 is 34.6 Å². The summed E-state index contributed by atoms with van der Waals surface area (Å²) in [6.07, 6.45) is 0.963. The van der Waals surface area contributed by atoms with Gasteiger partial charge in [0.1, 0.15) is 24.6 Å². The monoisotopic (exact) mass is 400 g/mol. The normalized spacial score (nSPS) is 27.9. The highest BCUT2D eigenvalue weighted by Crippen LogP contribution is 2.24. The van der Waals surface area contributed by atoms with Crippen LogP contribution in [0.5, 0.6) is 0 Å². The number of aliphatic hydroxyl groups is 4. The molecule has 1 radical (unpaired) electrons. The van der Waals surface area contributed by atoms with Gasteiger partial charge in [0, 0.05) is 17.7 Å². The number of hydroxylamine groups is 1. The van der Waals surface area contributed by atoms with Gasteiger partial charge in [-0.15, -0.1) is 0 Å². The van der Waals surface area contributed by atoms with E-state index in [1.807, 2.05) is 31.6 Å². The van der Waals surface area contributed by atoms with Gasteiger partial charge in [-0.3, -0.25) is 4.84 Å². The summed E-state index contributed by atoms with van der Waals surface area (Å²) in [5, 5.41) is 38.2. The first-order chi connectivity index (χ1) is 13.6. The molecule has 2 rings (SSSR count). The second-order valence-corrected chi connectivity index (χ2v) is 6.36. The van der Waals surface area contributed by atoms with Crippen molar-refractivity contribution < 1.29 is 44.5 Å². The maximum atomic E-state index is 10.1. The first-order valence-corrected chi connectivity index (χ1v) is 8.99. The minimum Gasteiger partial charge on any atom is -0.512 e. The molecule has 0 saturated carbocycles. The maximum absolute atomic E-state index is 10.1. The van der Waals surface area contributed by atoms with Crippen LogP contribution in [-0.4, -0.2) is 70.9 Å². The molecule has 1 aliphatic heterocycles. The maximum Gasteiger partial charge on any atom is 0.199 e. The first-order valence-electron chi connectivity index (χ1n) is 8.99. The lowest BCUT2D eigenvalue weighted by molar-refractivity contribution is -0.379. The van der Waals surface area contributed by atoms with Gasteiger partial charge in [-0.25, -0.2) is 10.5 Å². The fraction of sp³-hybridized carbons (Fsp3) is 0.611. The number of aryl methyl sites for hydroxylation is 1. The molecule has 157 valence electrons. The molecule has 1 aromatic rings. The van der Waals surface area contributed by atoms with E-state index in [-0.39, 0.29) is 6.61 Å². The molecular formula is C18H28N2O8+. The van der Waals surface area contributed by atoms with Crippen LogP contribution in [0.4, 0.5) is 0 Å². The molecule has 0 amide bonds. The molecule has 2 unspecified atom stereocenters. The number of pyridine rings is 1. The van der Waals surface area contributed by atoms with Crippen LogP contribution < -0.4 is 10.5 Å². The minimum absolute atomic E-state index is 0.232. The number of ether oxygens (including phenoxy) is 3. The van der Waals surface area contributed by atoms with Gasteiger partial charge in [-0.05, 0) is 19.4 Å². The molecule has 1 aromatic heterocycles. The Morgan fingerprint density at radius 3 is 2.86 bits per heavy atom. The third-order valence-electron chi connectivity index (χ3n) is 4.12. The Bertz CT molecular complexity index is 601. The summed E-state index contributed by atoms with van der Waals surface area (Å²) in [7, 11) is 0. The van der Waals surface area contributed by atoms with Crippen LogP contribution >= 0.6 is 0 Å². The summed E-state index contributed by atoms with van der Waals surface area (Å²) >= 11 is 0. The highest BCUT2D eigenvalue weighted by molar-refractivity contribution is 5.12. The fourth-order valence-corrected chi connectivity index (χ4v) is 2.73. The van der Waals surface area contributed by atoms with Gasteiger partial charge >= 0.3 is 0 Å². The van der Waals surface area contributed by atoms with E-state index in [0.717, 1.165) is 11.1 Å². The zero-order valence-electron chi connectivity index (χ0n) is 15.7. The first kappa shape index (κ1) is 22.5. The molecule has 0 spiro atoms. The van der Waals surface area contributed by atoms with Gasteiger partial charge in [-0.1, -0.05) is 0 Å². The van der Waals surface area contributed by atoms with E-state index in [0.29, 0.717) is 25.8 Å². The van der Waals surface area contributed by atoms with Crippen LogP contribution in [0.2, 0.25) is 0 Å². The topological polar surface area (TPSA) is 144 Å². The number of hydrogen-bond donors (Lipinski definition) is 5. The Kier molecular flexibility index (Phi) is 9.58. The van der Waals surface area contributed by atoms with E-state index in [2.05, 4.69) is 10.5 Å². The van der Waals surface area contributed by atoms with E-state index in [1.54, 1.807) is 0 Å². The van der Waals surface area contributed by atoms with Gasteiger partial charge in [0.15, 0.2) is 31.0 Å². The third-order valence-corrected chi connectivity index (χ3v) is 4.12. The average molecular weight is 400 g/mol. The molecule has 0 bridgehead atoms. The highest BCUT2D eigenvalue weighted by atomic mass is 16.7. The van der Waals surface area contributed by atoms with Crippen LogP contribution in [0.1, 0.15) is 17.5 Å². The predicted octanol–water partition coefficient (Wildman–Crippen LogP) is -1.11. The summed E-state index contributed by atoms with van der Waals surface area (Å²) < 4.78 is 15.8. The van der Waals surface area contributed by atoms with Crippen molar-refractivity contribution in [2.45, 2.75) is 50.7 Å². The molecular weight excluding hydrogens is 372 g/mol. The Morgan fingerprint density at radius 2 is 2.14 bits per heavy atom. The molecule has 1 fully saturated rings. The Labute approximate surface area is 163 Å². The van der Waals surface area contributed by atoms with E-state index < -0.39 is 37.3 Å². The molecule has 0 aliphatic carbocycles. The average Bonchev–Trinajstić information content (AvgIpc) is 2.69. The lowest BCUT2D eigenvalue weighted by atomic mass is 9.99. The highest BCUT2D eigenvalue weighted by Gasteiger charge is 2.46. The molecule has 1 aliphatic rings. The lowest BCUT2D eigenvalue weighted by Gasteiger charge is -2.40. The van der Waals surface area contributed by atoms with Gasteiger partial charge in [0.2, 0.25) is 0 Å². The molecule has 6 N–H and O–H groups in total. The van der Waals surface area contributed by atoms with Crippen molar-refractivity contribution in [1.82, 2.24) is 5.48 Å². The van der Waals surface area contributed by atoms with E-state index in [4.69, 9.17) is 24.2 Å². The summed E-state index contributed by atoms with van der Waals surface area (Å²) in [5.41, 5.74) is 4.94. The number of aromatic nitrogens is 1. The standard InChI is InChI=1S/C18H27N2O8/c1-12-7-13(9-19-8-12)11-27-20-3-2-5-26-18-16(24)15(23)17(25-6-4-21)14(10-22)28-18/h4,7-9,14-18,20-24H,2-3,5,10-11H2,1H3/p+1/t14?,15-,16?,17+,18-/m0/s1. The summed E-state index contributed by atoms with van der Waals surface area (Å²) in [5.74, 6) is 0. The number of hydrogen-bond acceptors (Lipinski definition) is 9. The van der Waals surface area contributed by atoms with Crippen molar-refractivity contribution in [3.05, 3.63) is 42.1 Å². The molecule has 10 nitrogen and oxygen atoms in total. The number of aliphatic hydroxyl groups excluding tert-OH is 4. The lowest BCUT2D eigenvalue weighted by Crippen LogP contribution is -2.59. The number of aromatic amines is 1. The van der Waals surface area contributed by atoms with E-state index in [1.165, 1.54) is 0 Å². The fourth-order valence-electron chi connectivity index (χ4n) is 2.73. The largest absolute Gasteiger partial charge is 0.512 e. The Morgan fingerprint density at radius 1 is 1.32 bits per heavy atom. The van der Waals surface area contributed by atoms with E-state index >= 15 is 0 Å². The van der Waals surface area contributed by atoms with Gasteiger partial charge in [0.05, 0.1) is 19.8 Å². The van der Waals surface area contributed by atoms with Crippen molar-refractivity contribution in [2.75, 3.05) is 19.8 Å². The SMILES string of the molecule is Cc1c[nH+]cc(CONCCCO[C@H]2OC(CO)[C@@H](O[C]=CO)[C@@H](O)C2O)c1. The van der Waals surface area contributed by atoms with Gasteiger partial charge in [-0.2, -0.15) is 0 Å². The number of rotatable bonds is 11. The van der Waals surface area contributed by atoms with Crippen molar-refractivity contribution in [1.29, 1.82) is 0 Å². The van der Waals surface area contributed by atoms with Crippen molar-refractivity contribution in [2.24, 2.45) is 0 Å². The predicted molar refractivity (Wildman–Crippen MR) is 94.2 cm³/mol. The number of nitrogens with one attached hydrogen (secondary N) is 2. The van der Waals surface area contributed by atoms with Crippen LogP contribution in [0, 0.1) is 13.2 Å².